The Balaban J connectivity index is 1.65. The number of carbonyl (C=O) groups excluding carboxylic acids is 1. The number of rotatable bonds is 6. The first-order valence-electron chi connectivity index (χ1n) is 9.76. The quantitative estimate of drug-likeness (QED) is 0.589. The van der Waals surface area contributed by atoms with Crippen LogP contribution >= 0.6 is 0 Å². The van der Waals surface area contributed by atoms with Gasteiger partial charge in [-0.15, -0.1) is 23.4 Å². The minimum absolute atomic E-state index is 0.0393. The Bertz CT molecular complexity index is 931. The fraction of sp³-hybridized carbons (Fsp3) is 0.450. The summed E-state index contributed by atoms with van der Waals surface area (Å²) >= 11 is 0. The maximum Gasteiger partial charge on any atom is 0.573 e. The maximum atomic E-state index is 12.3. The molecule has 2 heterocycles. The highest BCUT2D eigenvalue weighted by Gasteiger charge is 2.31. The fourth-order valence-corrected chi connectivity index (χ4v) is 3.36. The van der Waals surface area contributed by atoms with Crippen LogP contribution < -0.4 is 15.4 Å². The molecule has 31 heavy (non-hydrogen) atoms. The van der Waals surface area contributed by atoms with Crippen LogP contribution in [-0.2, 0) is 9.53 Å². The number of hydrogen-bond donors (Lipinski definition) is 3. The summed E-state index contributed by atoms with van der Waals surface area (Å²) in [7, 11) is 0. The van der Waals surface area contributed by atoms with Gasteiger partial charge in [-0.1, -0.05) is 0 Å². The van der Waals surface area contributed by atoms with E-state index in [4.69, 9.17) is 4.74 Å². The third kappa shape index (κ3) is 5.97. The van der Waals surface area contributed by atoms with Crippen LogP contribution in [0.1, 0.15) is 25.3 Å². The number of anilines is 1. The van der Waals surface area contributed by atoms with E-state index in [1.165, 1.54) is 6.07 Å². The minimum atomic E-state index is -4.85. The molecule has 1 aliphatic rings. The molecule has 11 heteroatoms. The number of aromatic nitrogens is 2. The van der Waals surface area contributed by atoms with Gasteiger partial charge in [-0.3, -0.25) is 4.79 Å². The number of halogens is 3. The van der Waals surface area contributed by atoms with Crippen LogP contribution in [0.15, 0.2) is 24.3 Å². The van der Waals surface area contributed by atoms with Gasteiger partial charge in [-0.2, -0.15) is 0 Å². The first-order chi connectivity index (χ1) is 14.7. The summed E-state index contributed by atoms with van der Waals surface area (Å²) in [4.78, 5) is 11.8. The third-order valence-corrected chi connectivity index (χ3v) is 4.78. The molecule has 1 aromatic carbocycles. The summed E-state index contributed by atoms with van der Waals surface area (Å²) in [5.74, 6) is -0.670. The fourth-order valence-electron chi connectivity index (χ4n) is 3.36. The van der Waals surface area contributed by atoms with Crippen molar-refractivity contribution in [2.75, 3.05) is 18.5 Å². The Morgan fingerprint density at radius 1 is 1.29 bits per heavy atom. The predicted molar refractivity (Wildman–Crippen MR) is 106 cm³/mol. The lowest BCUT2D eigenvalue weighted by Crippen LogP contribution is -2.49. The zero-order valence-electron chi connectivity index (χ0n) is 17.0. The van der Waals surface area contributed by atoms with Crippen LogP contribution in [-0.4, -0.2) is 52.9 Å². The molecule has 8 nitrogen and oxygen atoms in total. The lowest BCUT2D eigenvalue weighted by atomic mass is 10.0. The van der Waals surface area contributed by atoms with Crippen molar-refractivity contribution in [2.24, 2.45) is 0 Å². The van der Waals surface area contributed by atoms with E-state index in [2.05, 4.69) is 25.6 Å². The highest BCUT2D eigenvalue weighted by molar-refractivity contribution is 5.76. The van der Waals surface area contributed by atoms with Crippen LogP contribution in [0, 0.1) is 6.92 Å². The van der Waals surface area contributed by atoms with Gasteiger partial charge in [0, 0.05) is 24.2 Å². The molecular weight excluding hydrogens is 417 g/mol. The highest BCUT2D eigenvalue weighted by Crippen LogP contribution is 2.35. The molecule has 0 spiro atoms. The van der Waals surface area contributed by atoms with E-state index in [1.807, 2.05) is 0 Å². The highest BCUT2D eigenvalue weighted by atomic mass is 19.4. The summed E-state index contributed by atoms with van der Waals surface area (Å²) in [6.45, 7) is 4.41. The van der Waals surface area contributed by atoms with Crippen LogP contribution in [0.4, 0.5) is 19.0 Å². The van der Waals surface area contributed by atoms with Crippen molar-refractivity contribution in [1.82, 2.24) is 15.5 Å². The average Bonchev–Trinajstić information content (AvgIpc) is 2.68. The van der Waals surface area contributed by atoms with E-state index >= 15 is 0 Å². The zero-order chi connectivity index (χ0) is 22.6. The second-order valence-electron chi connectivity index (χ2n) is 7.12. The van der Waals surface area contributed by atoms with Gasteiger partial charge in [0.1, 0.15) is 23.4 Å². The Labute approximate surface area is 176 Å². The van der Waals surface area contributed by atoms with Crippen LogP contribution in [0.3, 0.4) is 0 Å². The molecule has 168 valence electrons. The monoisotopic (exact) mass is 440 g/mol. The van der Waals surface area contributed by atoms with Crippen LogP contribution in [0.2, 0.25) is 0 Å². The molecule has 0 unspecified atom stereocenters. The summed E-state index contributed by atoms with van der Waals surface area (Å²) in [6.07, 6.45) is -3.48. The number of aryl methyl sites for hydroxylation is 1. The molecular formula is C20H23F3N4O4. The van der Waals surface area contributed by atoms with Crippen LogP contribution in [0.5, 0.6) is 11.5 Å². The number of alkyl halides is 3. The molecule has 2 aromatic rings. The molecule has 1 aliphatic heterocycles. The number of aromatic hydroxyl groups is 1. The minimum Gasteiger partial charge on any atom is -0.507 e. The number of piperidine rings is 1. The van der Waals surface area contributed by atoms with Crippen molar-refractivity contribution < 1.29 is 32.5 Å². The number of benzene rings is 1. The number of phenolic OH excluding ortho intramolecular Hbond substituents is 1. The van der Waals surface area contributed by atoms with E-state index < -0.39 is 17.9 Å². The van der Waals surface area contributed by atoms with Gasteiger partial charge >= 0.3 is 12.3 Å². The van der Waals surface area contributed by atoms with Crippen LogP contribution in [0.25, 0.3) is 11.3 Å². The largest absolute Gasteiger partial charge is 0.573 e. The van der Waals surface area contributed by atoms with Crippen molar-refractivity contribution in [3.63, 3.8) is 0 Å². The number of nitrogens with one attached hydrogen (secondary N) is 2. The Morgan fingerprint density at radius 3 is 2.65 bits per heavy atom. The molecule has 1 saturated heterocycles. The molecule has 2 atom stereocenters. The maximum absolute atomic E-state index is 12.3. The first-order valence-corrected chi connectivity index (χ1v) is 9.76. The van der Waals surface area contributed by atoms with Gasteiger partial charge in [0.15, 0.2) is 0 Å². The van der Waals surface area contributed by atoms with E-state index in [9.17, 15) is 23.1 Å². The molecule has 3 rings (SSSR count). The summed E-state index contributed by atoms with van der Waals surface area (Å²) in [6, 6.07) is 4.73. The first kappa shape index (κ1) is 22.6. The molecule has 0 radical (unpaired) electrons. The SMILES string of the molecule is CCOC(=O)[C@@H]1CC[C@@H](Nc2cc(C)c(-c3ccc(OC(F)(F)F)cc3O)nn2)CN1. The number of hydrogen-bond acceptors (Lipinski definition) is 8. The number of carbonyl (C=O) groups is 1. The lowest BCUT2D eigenvalue weighted by molar-refractivity contribution is -0.274. The average molecular weight is 440 g/mol. The number of esters is 1. The normalized spacial score (nSPS) is 19.0. The summed E-state index contributed by atoms with van der Waals surface area (Å²) in [5.41, 5.74) is 1.25. The third-order valence-electron chi connectivity index (χ3n) is 4.78. The lowest BCUT2D eigenvalue weighted by Gasteiger charge is -2.29. The molecule has 1 aromatic heterocycles. The van der Waals surface area contributed by atoms with E-state index in [1.54, 1.807) is 19.9 Å². The van der Waals surface area contributed by atoms with Gasteiger partial charge in [0.05, 0.1) is 12.3 Å². The van der Waals surface area contributed by atoms with Crippen molar-refractivity contribution in [3.8, 4) is 22.8 Å². The Morgan fingerprint density at radius 2 is 2.06 bits per heavy atom. The van der Waals surface area contributed by atoms with E-state index in [0.717, 1.165) is 18.6 Å². The van der Waals surface area contributed by atoms with Gasteiger partial charge in [0.2, 0.25) is 0 Å². The van der Waals surface area contributed by atoms with Crippen molar-refractivity contribution >= 4 is 11.8 Å². The zero-order valence-corrected chi connectivity index (χ0v) is 17.0. The van der Waals surface area contributed by atoms with E-state index in [-0.39, 0.29) is 23.6 Å². The second-order valence-corrected chi connectivity index (χ2v) is 7.12. The number of ether oxygens (including phenoxy) is 2. The molecule has 3 N–H and O–H groups in total. The smallest absolute Gasteiger partial charge is 0.507 e. The van der Waals surface area contributed by atoms with E-state index in [0.29, 0.717) is 36.6 Å². The number of nitrogens with zero attached hydrogens (tertiary/aromatic N) is 2. The summed E-state index contributed by atoms with van der Waals surface area (Å²) < 4.78 is 45.8. The topological polar surface area (TPSA) is 106 Å². The molecule has 0 aliphatic carbocycles. The molecule has 0 amide bonds. The molecule has 0 saturated carbocycles. The van der Waals surface area contributed by atoms with Crippen molar-refractivity contribution in [1.29, 1.82) is 0 Å². The van der Waals surface area contributed by atoms with Crippen molar-refractivity contribution in [3.05, 3.63) is 29.8 Å². The Kier molecular flexibility index (Phi) is 6.84. The molecule has 1 fully saturated rings. The predicted octanol–water partition coefficient (Wildman–Crippen LogP) is 3.15. The van der Waals surface area contributed by atoms with Gasteiger partial charge < -0.3 is 25.2 Å². The Hall–Kier alpha value is -3.08. The number of phenols is 1. The van der Waals surface area contributed by atoms with Crippen molar-refractivity contribution in [2.45, 2.75) is 45.1 Å². The van der Waals surface area contributed by atoms with Gasteiger partial charge in [-0.05, 0) is 50.5 Å². The van der Waals surface area contributed by atoms with Gasteiger partial charge in [0.25, 0.3) is 0 Å². The standard InChI is InChI=1S/C20H23F3N4O4/c1-3-30-19(29)15-7-4-12(10-24-15)25-17-8-11(2)18(27-26-17)14-6-5-13(9-16(14)28)31-20(21,22)23/h5-6,8-9,12,15,24,28H,3-4,7,10H2,1-2H3,(H,25,26)/t12-,15+/m1/s1. The van der Waals surface area contributed by atoms with Gasteiger partial charge in [-0.25, -0.2) is 0 Å². The molecule has 0 bridgehead atoms. The second kappa shape index (κ2) is 9.38. The summed E-state index contributed by atoms with van der Waals surface area (Å²) in [5, 5.41) is 24.7.